The summed E-state index contributed by atoms with van der Waals surface area (Å²) in [6.07, 6.45) is 6.70. The zero-order chi connectivity index (χ0) is 16.3. The van der Waals surface area contributed by atoms with Crippen LogP contribution in [0.1, 0.15) is 31.7 Å². The van der Waals surface area contributed by atoms with Gasteiger partial charge in [-0.25, -0.2) is 9.97 Å². The highest BCUT2D eigenvalue weighted by Gasteiger charge is 2.25. The number of aliphatic hydroxyl groups is 1. The van der Waals surface area contributed by atoms with Crippen molar-refractivity contribution in [3.63, 3.8) is 0 Å². The van der Waals surface area contributed by atoms with Crippen LogP contribution >= 0.6 is 0 Å². The summed E-state index contributed by atoms with van der Waals surface area (Å²) >= 11 is 0. The maximum atomic E-state index is 10.2. The van der Waals surface area contributed by atoms with Crippen LogP contribution in [0.4, 0.5) is 5.95 Å². The quantitative estimate of drug-likeness (QED) is 0.896. The van der Waals surface area contributed by atoms with Gasteiger partial charge in [-0.2, -0.15) is 0 Å². The molecule has 0 aromatic carbocycles. The molecule has 0 amide bonds. The molecule has 1 aromatic heterocycles. The number of aromatic nitrogens is 2. The zero-order valence-corrected chi connectivity index (χ0v) is 14.4. The first-order valence-electron chi connectivity index (χ1n) is 8.71. The van der Waals surface area contributed by atoms with E-state index in [0.717, 1.165) is 76.6 Å². The van der Waals surface area contributed by atoms with E-state index in [1.54, 1.807) is 0 Å². The van der Waals surface area contributed by atoms with E-state index in [2.05, 4.69) is 31.7 Å². The summed E-state index contributed by atoms with van der Waals surface area (Å²) in [7, 11) is 2.15. The van der Waals surface area contributed by atoms with Crippen LogP contribution in [0.5, 0.6) is 0 Å². The molecule has 2 aliphatic rings. The number of likely N-dealkylation sites (tertiary alicyclic amines) is 1. The van der Waals surface area contributed by atoms with Crippen LogP contribution in [0, 0.1) is 0 Å². The van der Waals surface area contributed by atoms with E-state index in [1.807, 2.05) is 19.3 Å². The summed E-state index contributed by atoms with van der Waals surface area (Å²) in [5, 5.41) is 10.2. The molecule has 0 radical (unpaired) electrons. The average Bonchev–Trinajstić information content (AvgIpc) is 2.70. The Morgan fingerprint density at radius 3 is 2.43 bits per heavy atom. The minimum absolute atomic E-state index is 0.503. The molecule has 0 spiro atoms. The van der Waals surface area contributed by atoms with E-state index in [1.165, 1.54) is 0 Å². The fourth-order valence-corrected chi connectivity index (χ4v) is 3.33. The van der Waals surface area contributed by atoms with Crippen LogP contribution in [0.3, 0.4) is 0 Å². The second kappa shape index (κ2) is 7.11. The van der Waals surface area contributed by atoms with Crippen molar-refractivity contribution < 1.29 is 5.11 Å². The Labute approximate surface area is 139 Å². The molecule has 1 atom stereocenters. The van der Waals surface area contributed by atoms with Crippen molar-refractivity contribution in [2.45, 2.75) is 38.3 Å². The summed E-state index contributed by atoms with van der Waals surface area (Å²) in [4.78, 5) is 16.1. The first kappa shape index (κ1) is 16.6. The van der Waals surface area contributed by atoms with Crippen LogP contribution in [0.15, 0.2) is 12.4 Å². The van der Waals surface area contributed by atoms with Gasteiger partial charge in [0.25, 0.3) is 0 Å². The van der Waals surface area contributed by atoms with Crippen LogP contribution in [-0.4, -0.2) is 76.8 Å². The molecule has 2 fully saturated rings. The Morgan fingerprint density at radius 1 is 1.04 bits per heavy atom. The minimum Gasteiger partial charge on any atom is -0.390 e. The van der Waals surface area contributed by atoms with Gasteiger partial charge in [-0.3, -0.25) is 4.90 Å². The van der Waals surface area contributed by atoms with E-state index in [9.17, 15) is 5.11 Å². The largest absolute Gasteiger partial charge is 0.390 e. The van der Waals surface area contributed by atoms with Gasteiger partial charge in [-0.05, 0) is 39.8 Å². The average molecular weight is 319 g/mol. The monoisotopic (exact) mass is 319 g/mol. The fourth-order valence-electron chi connectivity index (χ4n) is 3.33. The molecule has 6 nitrogen and oxygen atoms in total. The molecule has 3 rings (SSSR count). The molecule has 6 heteroatoms. The maximum absolute atomic E-state index is 10.2. The first-order valence-corrected chi connectivity index (χ1v) is 8.71. The number of hydrogen-bond donors (Lipinski definition) is 1. The van der Waals surface area contributed by atoms with Crippen molar-refractivity contribution in [2.75, 3.05) is 51.2 Å². The molecule has 23 heavy (non-hydrogen) atoms. The van der Waals surface area contributed by atoms with E-state index < -0.39 is 5.60 Å². The van der Waals surface area contributed by atoms with Gasteiger partial charge in [0.05, 0.1) is 5.60 Å². The molecule has 2 aliphatic heterocycles. The lowest BCUT2D eigenvalue weighted by molar-refractivity contribution is 0.0444. The van der Waals surface area contributed by atoms with Gasteiger partial charge in [0.1, 0.15) is 0 Å². The van der Waals surface area contributed by atoms with Crippen molar-refractivity contribution >= 4 is 5.95 Å². The van der Waals surface area contributed by atoms with E-state index in [0.29, 0.717) is 0 Å². The number of piperazine rings is 1. The Balaban J connectivity index is 1.55. The molecule has 1 unspecified atom stereocenters. The number of anilines is 1. The lowest BCUT2D eigenvalue weighted by Gasteiger charge is -2.32. The summed E-state index contributed by atoms with van der Waals surface area (Å²) in [5.41, 5.74) is 0.653. The Kier molecular flexibility index (Phi) is 5.14. The lowest BCUT2D eigenvalue weighted by Crippen LogP contribution is -2.45. The Hall–Kier alpha value is -1.24. The second-order valence-corrected chi connectivity index (χ2v) is 7.31. The van der Waals surface area contributed by atoms with Gasteiger partial charge in [0.2, 0.25) is 5.95 Å². The molecule has 1 aromatic rings. The second-order valence-electron chi connectivity index (χ2n) is 7.31. The number of likely N-dealkylation sites (N-methyl/N-ethyl adjacent to an activating group) is 1. The number of rotatable bonds is 3. The third-order valence-electron chi connectivity index (χ3n) is 5.04. The molecule has 0 saturated carbocycles. The summed E-state index contributed by atoms with van der Waals surface area (Å²) < 4.78 is 0. The number of hydrogen-bond acceptors (Lipinski definition) is 6. The Morgan fingerprint density at radius 2 is 1.74 bits per heavy atom. The van der Waals surface area contributed by atoms with E-state index in [4.69, 9.17) is 0 Å². The SMILES string of the molecule is CN1CCN(c2ncc(CN3CCCC(C)(O)CC3)cn2)CC1. The predicted molar refractivity (Wildman–Crippen MR) is 91.5 cm³/mol. The molecule has 0 aliphatic carbocycles. The molecule has 1 N–H and O–H groups in total. The van der Waals surface area contributed by atoms with Crippen molar-refractivity contribution in [2.24, 2.45) is 0 Å². The zero-order valence-electron chi connectivity index (χ0n) is 14.4. The van der Waals surface area contributed by atoms with Crippen molar-refractivity contribution in [1.29, 1.82) is 0 Å². The number of nitrogens with zero attached hydrogens (tertiary/aromatic N) is 5. The predicted octanol–water partition coefficient (Wildman–Crippen LogP) is 0.965. The van der Waals surface area contributed by atoms with Crippen LogP contribution < -0.4 is 4.90 Å². The van der Waals surface area contributed by atoms with Gasteiger partial charge in [-0.1, -0.05) is 0 Å². The molecule has 2 saturated heterocycles. The van der Waals surface area contributed by atoms with Crippen molar-refractivity contribution in [1.82, 2.24) is 19.8 Å². The highest BCUT2D eigenvalue weighted by Crippen LogP contribution is 2.22. The van der Waals surface area contributed by atoms with Gasteiger partial charge in [-0.15, -0.1) is 0 Å². The van der Waals surface area contributed by atoms with Gasteiger partial charge < -0.3 is 14.9 Å². The molecule has 128 valence electrons. The normalized spacial score (nSPS) is 27.9. The van der Waals surface area contributed by atoms with Crippen LogP contribution in [0.25, 0.3) is 0 Å². The standard InChI is InChI=1S/C17H29N5O/c1-17(23)4-3-6-21(7-5-17)14-15-12-18-16(19-13-15)22-10-8-20(2)9-11-22/h12-13,23H,3-11,14H2,1-2H3. The maximum Gasteiger partial charge on any atom is 0.225 e. The van der Waals surface area contributed by atoms with Gasteiger partial charge in [0, 0.05) is 57.2 Å². The van der Waals surface area contributed by atoms with E-state index >= 15 is 0 Å². The van der Waals surface area contributed by atoms with Gasteiger partial charge in [0.15, 0.2) is 0 Å². The highest BCUT2D eigenvalue weighted by atomic mass is 16.3. The Bertz CT molecular complexity index is 496. The van der Waals surface area contributed by atoms with E-state index in [-0.39, 0.29) is 0 Å². The summed E-state index contributed by atoms with van der Waals surface area (Å²) in [6, 6.07) is 0. The van der Waals surface area contributed by atoms with Crippen molar-refractivity contribution in [3.8, 4) is 0 Å². The molecule has 3 heterocycles. The molecular weight excluding hydrogens is 290 g/mol. The highest BCUT2D eigenvalue weighted by molar-refractivity contribution is 5.30. The minimum atomic E-state index is -0.503. The van der Waals surface area contributed by atoms with Crippen LogP contribution in [0.2, 0.25) is 0 Å². The topological polar surface area (TPSA) is 55.7 Å². The summed E-state index contributed by atoms with van der Waals surface area (Å²) in [5.74, 6) is 0.848. The van der Waals surface area contributed by atoms with Gasteiger partial charge >= 0.3 is 0 Å². The molecule has 0 bridgehead atoms. The smallest absolute Gasteiger partial charge is 0.225 e. The lowest BCUT2D eigenvalue weighted by atomic mass is 9.98. The third kappa shape index (κ3) is 4.62. The third-order valence-corrected chi connectivity index (χ3v) is 5.04. The summed E-state index contributed by atoms with van der Waals surface area (Å²) in [6.45, 7) is 8.93. The van der Waals surface area contributed by atoms with Crippen molar-refractivity contribution in [3.05, 3.63) is 18.0 Å². The van der Waals surface area contributed by atoms with Crippen LogP contribution in [-0.2, 0) is 6.54 Å². The first-order chi connectivity index (χ1) is 11.0. The fraction of sp³-hybridized carbons (Fsp3) is 0.765. The molecular formula is C17H29N5O.